The highest BCUT2D eigenvalue weighted by Crippen LogP contribution is 2.42. The van der Waals surface area contributed by atoms with E-state index in [1.165, 1.54) is 24.1 Å². The van der Waals surface area contributed by atoms with Crippen molar-refractivity contribution < 1.29 is 0 Å². The molecule has 0 radical (unpaired) electrons. The Labute approximate surface area is 128 Å². The Morgan fingerprint density at radius 3 is 2.86 bits per heavy atom. The van der Waals surface area contributed by atoms with Crippen molar-refractivity contribution in [2.45, 2.75) is 31.8 Å². The molecule has 3 aromatic rings. The Morgan fingerprint density at radius 2 is 2.10 bits per heavy atom. The molecule has 1 saturated carbocycles. The molecule has 0 spiro atoms. The maximum atomic E-state index is 4.48. The van der Waals surface area contributed by atoms with Gasteiger partial charge in [0.25, 0.3) is 0 Å². The lowest BCUT2D eigenvalue weighted by Gasteiger charge is -2.23. The molecule has 0 amide bonds. The third-order valence-electron chi connectivity index (χ3n) is 4.30. The summed E-state index contributed by atoms with van der Waals surface area (Å²) in [7, 11) is 0. The van der Waals surface area contributed by atoms with Gasteiger partial charge in [-0.3, -0.25) is 4.40 Å². The van der Waals surface area contributed by atoms with Crippen LogP contribution in [0.1, 0.15) is 43.1 Å². The fourth-order valence-electron chi connectivity index (χ4n) is 3.01. The molecule has 1 fully saturated rings. The van der Waals surface area contributed by atoms with Gasteiger partial charge in [-0.25, -0.2) is 4.98 Å². The van der Waals surface area contributed by atoms with E-state index >= 15 is 0 Å². The van der Waals surface area contributed by atoms with Crippen molar-refractivity contribution in [3.63, 3.8) is 0 Å². The van der Waals surface area contributed by atoms with E-state index in [9.17, 15) is 0 Å². The number of hydrogen-bond acceptors (Lipinski definition) is 3. The molecule has 2 aromatic heterocycles. The lowest BCUT2D eigenvalue weighted by molar-refractivity contribution is 0.421. The molecule has 2 unspecified atom stereocenters. The third-order valence-corrected chi connectivity index (χ3v) is 5.07. The Hall–Kier alpha value is -1.65. The minimum absolute atomic E-state index is 0.292. The van der Waals surface area contributed by atoms with E-state index in [1.54, 1.807) is 11.3 Å². The molecule has 1 aromatic carbocycles. The van der Waals surface area contributed by atoms with Gasteiger partial charge in [-0.2, -0.15) is 0 Å². The Balaban J connectivity index is 1.59. The quantitative estimate of drug-likeness (QED) is 0.765. The predicted molar refractivity (Wildman–Crippen MR) is 86.5 cm³/mol. The SMILES string of the molecule is CC(NC(c1ccccc1)C1CC1)c1cnc2sccn12. The molecule has 4 rings (SSSR count). The first-order chi connectivity index (χ1) is 10.3. The Kier molecular flexibility index (Phi) is 3.28. The van der Waals surface area contributed by atoms with Crippen LogP contribution in [-0.4, -0.2) is 9.38 Å². The summed E-state index contributed by atoms with van der Waals surface area (Å²) in [6.07, 6.45) is 6.77. The number of thiazole rings is 1. The van der Waals surface area contributed by atoms with Crippen LogP contribution in [0.4, 0.5) is 0 Å². The van der Waals surface area contributed by atoms with Crippen molar-refractivity contribution in [1.29, 1.82) is 0 Å². The summed E-state index contributed by atoms with van der Waals surface area (Å²) in [5.74, 6) is 0.778. The van der Waals surface area contributed by atoms with E-state index in [0.717, 1.165) is 10.9 Å². The zero-order valence-corrected chi connectivity index (χ0v) is 12.9. The van der Waals surface area contributed by atoms with Crippen LogP contribution in [0.5, 0.6) is 0 Å². The summed E-state index contributed by atoms with van der Waals surface area (Å²) in [5, 5.41) is 5.91. The van der Waals surface area contributed by atoms with E-state index < -0.39 is 0 Å². The molecule has 21 heavy (non-hydrogen) atoms. The fraction of sp³-hybridized carbons (Fsp3) is 0.353. The van der Waals surface area contributed by atoms with Crippen LogP contribution < -0.4 is 5.32 Å². The van der Waals surface area contributed by atoms with Gasteiger partial charge in [0.15, 0.2) is 4.96 Å². The van der Waals surface area contributed by atoms with Gasteiger partial charge < -0.3 is 5.32 Å². The number of hydrogen-bond donors (Lipinski definition) is 1. The van der Waals surface area contributed by atoms with Gasteiger partial charge in [-0.05, 0) is 31.2 Å². The van der Waals surface area contributed by atoms with Gasteiger partial charge in [-0.1, -0.05) is 30.3 Å². The molecule has 0 aliphatic heterocycles. The molecular formula is C17H19N3S. The van der Waals surface area contributed by atoms with Crippen molar-refractivity contribution in [1.82, 2.24) is 14.7 Å². The first kappa shape index (κ1) is 13.0. The second-order valence-electron chi connectivity index (χ2n) is 5.85. The van der Waals surface area contributed by atoms with Gasteiger partial charge in [-0.15, -0.1) is 11.3 Å². The molecule has 1 aliphatic rings. The molecular weight excluding hydrogens is 278 g/mol. The first-order valence-corrected chi connectivity index (χ1v) is 8.42. The van der Waals surface area contributed by atoms with Gasteiger partial charge >= 0.3 is 0 Å². The lowest BCUT2D eigenvalue weighted by atomic mass is 10.0. The largest absolute Gasteiger partial charge is 0.302 e. The summed E-state index contributed by atoms with van der Waals surface area (Å²) in [4.78, 5) is 5.55. The zero-order chi connectivity index (χ0) is 14.2. The minimum atomic E-state index is 0.292. The molecule has 1 aliphatic carbocycles. The van der Waals surface area contributed by atoms with E-state index in [4.69, 9.17) is 0 Å². The Morgan fingerprint density at radius 1 is 1.29 bits per heavy atom. The topological polar surface area (TPSA) is 29.3 Å². The summed E-state index contributed by atoms with van der Waals surface area (Å²) in [6.45, 7) is 2.24. The number of fused-ring (bicyclic) bond motifs is 1. The minimum Gasteiger partial charge on any atom is -0.302 e. The number of benzene rings is 1. The second-order valence-corrected chi connectivity index (χ2v) is 6.73. The standard InChI is InChI=1S/C17H19N3S/c1-12(15-11-18-17-20(15)9-10-21-17)19-16(14-7-8-14)13-5-3-2-4-6-13/h2-6,9-12,14,16,19H,7-8H2,1H3. The average Bonchev–Trinajstić information content (AvgIpc) is 3.10. The normalized spacial score (nSPS) is 18.0. The van der Waals surface area contributed by atoms with E-state index in [0.29, 0.717) is 12.1 Å². The fourth-order valence-corrected chi connectivity index (χ4v) is 3.71. The lowest BCUT2D eigenvalue weighted by Crippen LogP contribution is -2.26. The van der Waals surface area contributed by atoms with E-state index in [2.05, 4.69) is 63.5 Å². The van der Waals surface area contributed by atoms with Crippen LogP contribution in [0, 0.1) is 5.92 Å². The highest BCUT2D eigenvalue weighted by atomic mass is 32.1. The number of rotatable bonds is 5. The molecule has 0 saturated heterocycles. The molecule has 2 heterocycles. The highest BCUT2D eigenvalue weighted by Gasteiger charge is 2.33. The number of nitrogens with one attached hydrogen (secondary N) is 1. The van der Waals surface area contributed by atoms with Gasteiger partial charge in [0.2, 0.25) is 0 Å². The average molecular weight is 297 g/mol. The highest BCUT2D eigenvalue weighted by molar-refractivity contribution is 7.15. The zero-order valence-electron chi connectivity index (χ0n) is 12.1. The van der Waals surface area contributed by atoms with Crippen LogP contribution in [0.3, 0.4) is 0 Å². The van der Waals surface area contributed by atoms with Crippen molar-refractivity contribution >= 4 is 16.3 Å². The van der Waals surface area contributed by atoms with Crippen LogP contribution in [0.15, 0.2) is 48.1 Å². The van der Waals surface area contributed by atoms with E-state index in [-0.39, 0.29) is 0 Å². The third kappa shape index (κ3) is 2.49. The number of nitrogens with zero attached hydrogens (tertiary/aromatic N) is 2. The van der Waals surface area contributed by atoms with Crippen molar-refractivity contribution in [2.75, 3.05) is 0 Å². The predicted octanol–water partition coefficient (Wildman–Crippen LogP) is 4.20. The molecule has 1 N–H and O–H groups in total. The van der Waals surface area contributed by atoms with Crippen LogP contribution in [-0.2, 0) is 0 Å². The summed E-state index contributed by atoms with van der Waals surface area (Å²) in [5.41, 5.74) is 2.64. The molecule has 2 atom stereocenters. The van der Waals surface area contributed by atoms with E-state index in [1.807, 2.05) is 6.20 Å². The summed E-state index contributed by atoms with van der Waals surface area (Å²) < 4.78 is 2.19. The maximum Gasteiger partial charge on any atom is 0.193 e. The van der Waals surface area contributed by atoms with Crippen molar-refractivity contribution in [2.24, 2.45) is 5.92 Å². The first-order valence-electron chi connectivity index (χ1n) is 7.54. The number of imidazole rings is 1. The molecule has 3 nitrogen and oxygen atoms in total. The van der Waals surface area contributed by atoms with Gasteiger partial charge in [0.1, 0.15) is 0 Å². The molecule has 4 heteroatoms. The smallest absolute Gasteiger partial charge is 0.193 e. The van der Waals surface area contributed by atoms with Gasteiger partial charge in [0.05, 0.1) is 11.9 Å². The van der Waals surface area contributed by atoms with Crippen LogP contribution in [0.25, 0.3) is 4.96 Å². The molecule has 108 valence electrons. The van der Waals surface area contributed by atoms with Crippen LogP contribution in [0.2, 0.25) is 0 Å². The summed E-state index contributed by atoms with van der Waals surface area (Å²) >= 11 is 1.68. The van der Waals surface area contributed by atoms with Crippen LogP contribution >= 0.6 is 11.3 Å². The monoisotopic (exact) mass is 297 g/mol. The van der Waals surface area contributed by atoms with Gasteiger partial charge in [0, 0.05) is 23.7 Å². The second kappa shape index (κ2) is 5.28. The molecule has 0 bridgehead atoms. The maximum absolute atomic E-state index is 4.48. The Bertz CT molecular complexity index is 727. The number of aromatic nitrogens is 2. The van der Waals surface area contributed by atoms with Crippen molar-refractivity contribution in [3.05, 3.63) is 59.4 Å². The van der Waals surface area contributed by atoms with Crippen molar-refractivity contribution in [3.8, 4) is 0 Å². The summed E-state index contributed by atoms with van der Waals surface area (Å²) in [6, 6.07) is 11.6.